The highest BCUT2D eigenvalue weighted by molar-refractivity contribution is 7.89. The van der Waals surface area contributed by atoms with Gasteiger partial charge in [0.15, 0.2) is 0 Å². The first-order chi connectivity index (χ1) is 12.8. The minimum absolute atomic E-state index is 0.0278. The van der Waals surface area contributed by atoms with Crippen molar-refractivity contribution in [3.8, 4) is 5.88 Å². The van der Waals surface area contributed by atoms with Crippen LogP contribution in [0.5, 0.6) is 5.88 Å². The largest absolute Gasteiger partial charge is 0.469 e. The number of ether oxygens (including phenoxy) is 2. The average molecular weight is 403 g/mol. The van der Waals surface area contributed by atoms with Crippen LogP contribution in [0.15, 0.2) is 47.8 Å². The number of alkyl halides is 3. The lowest BCUT2D eigenvalue weighted by Gasteiger charge is -2.23. The molecule has 2 aromatic rings. The first-order valence-corrected chi connectivity index (χ1v) is 9.38. The molecule has 0 saturated carbocycles. The summed E-state index contributed by atoms with van der Waals surface area (Å²) in [6.45, 7) is 0.319. The average Bonchev–Trinajstić information content (AvgIpc) is 2.88. The van der Waals surface area contributed by atoms with Crippen molar-refractivity contribution in [3.05, 3.63) is 48.4 Å². The molecule has 2 heterocycles. The second-order valence-electron chi connectivity index (χ2n) is 5.74. The Kier molecular flexibility index (Phi) is 5.63. The highest BCUT2D eigenvalue weighted by Gasteiger charge is 2.33. The molecule has 1 unspecified atom stereocenters. The zero-order valence-corrected chi connectivity index (χ0v) is 14.8. The van der Waals surface area contributed by atoms with Gasteiger partial charge in [0.25, 0.3) is 0 Å². The van der Waals surface area contributed by atoms with E-state index in [0.717, 1.165) is 28.6 Å². The van der Waals surface area contributed by atoms with Gasteiger partial charge in [-0.1, -0.05) is 0 Å². The molecule has 1 atom stereocenters. The zero-order chi connectivity index (χ0) is 19.5. The van der Waals surface area contributed by atoms with E-state index in [0.29, 0.717) is 0 Å². The Morgan fingerprint density at radius 1 is 1.19 bits per heavy atom. The third kappa shape index (κ3) is 4.73. The number of sulfonamides is 1. The minimum Gasteiger partial charge on any atom is -0.469 e. The van der Waals surface area contributed by atoms with Gasteiger partial charge in [0.1, 0.15) is 6.10 Å². The molecular formula is C16H16F3N3O4S. The van der Waals surface area contributed by atoms with Gasteiger partial charge in [-0.05, 0) is 24.3 Å². The molecule has 1 saturated heterocycles. The summed E-state index contributed by atoms with van der Waals surface area (Å²) >= 11 is 0. The molecule has 1 aromatic heterocycles. The summed E-state index contributed by atoms with van der Waals surface area (Å²) in [7, 11) is -4.00. The van der Waals surface area contributed by atoms with Gasteiger partial charge in [-0.25, -0.2) is 13.4 Å². The molecule has 0 radical (unpaired) electrons. The minimum atomic E-state index is -4.53. The van der Waals surface area contributed by atoms with Crippen LogP contribution >= 0.6 is 0 Å². The van der Waals surface area contributed by atoms with E-state index in [1.807, 2.05) is 0 Å². The van der Waals surface area contributed by atoms with Crippen LogP contribution < -0.4 is 4.74 Å². The summed E-state index contributed by atoms with van der Waals surface area (Å²) in [6.07, 6.45) is -0.872. The third-order valence-electron chi connectivity index (χ3n) is 3.84. The third-order valence-corrected chi connectivity index (χ3v) is 5.72. The topological polar surface area (TPSA) is 81.6 Å². The molecule has 1 fully saturated rings. The highest BCUT2D eigenvalue weighted by Crippen LogP contribution is 2.30. The molecule has 1 aliphatic rings. The molecule has 1 aliphatic heterocycles. The summed E-state index contributed by atoms with van der Waals surface area (Å²) in [4.78, 5) is 7.61. The Hall–Kier alpha value is -2.24. The van der Waals surface area contributed by atoms with E-state index in [9.17, 15) is 21.6 Å². The van der Waals surface area contributed by atoms with Gasteiger partial charge >= 0.3 is 6.18 Å². The Bertz CT molecular complexity index is 861. The lowest BCUT2D eigenvalue weighted by atomic mass is 10.2. The van der Waals surface area contributed by atoms with Crippen LogP contribution in [0.3, 0.4) is 0 Å². The van der Waals surface area contributed by atoms with Crippen molar-refractivity contribution in [2.75, 3.05) is 26.3 Å². The van der Waals surface area contributed by atoms with Crippen LogP contribution in [0.4, 0.5) is 13.2 Å². The SMILES string of the molecule is O=S(=O)(c1ccc(C(F)(F)F)cc1)N1CCOCC(Oc2cnccn2)C1. The molecule has 0 spiro atoms. The molecule has 0 aliphatic carbocycles. The molecule has 0 N–H and O–H groups in total. The molecule has 0 bridgehead atoms. The van der Waals surface area contributed by atoms with E-state index in [1.165, 1.54) is 18.6 Å². The zero-order valence-electron chi connectivity index (χ0n) is 14.0. The van der Waals surface area contributed by atoms with E-state index < -0.39 is 27.9 Å². The number of benzene rings is 1. The van der Waals surface area contributed by atoms with Crippen molar-refractivity contribution in [1.82, 2.24) is 14.3 Å². The van der Waals surface area contributed by atoms with Crippen LogP contribution in [0.2, 0.25) is 0 Å². The Morgan fingerprint density at radius 2 is 1.93 bits per heavy atom. The summed E-state index contributed by atoms with van der Waals surface area (Å²) in [5, 5.41) is 0. The number of rotatable bonds is 4. The Balaban J connectivity index is 1.78. The molecule has 0 amide bonds. The summed E-state index contributed by atoms with van der Waals surface area (Å²) in [6, 6.07) is 3.38. The normalized spacial score (nSPS) is 19.4. The van der Waals surface area contributed by atoms with Gasteiger partial charge in [-0.2, -0.15) is 17.5 Å². The fraction of sp³-hybridized carbons (Fsp3) is 0.375. The van der Waals surface area contributed by atoms with Crippen molar-refractivity contribution < 1.29 is 31.1 Å². The number of hydrogen-bond acceptors (Lipinski definition) is 6. The van der Waals surface area contributed by atoms with Gasteiger partial charge < -0.3 is 9.47 Å². The maximum Gasteiger partial charge on any atom is 0.416 e. The van der Waals surface area contributed by atoms with E-state index >= 15 is 0 Å². The molecule has 146 valence electrons. The van der Waals surface area contributed by atoms with Crippen molar-refractivity contribution in [2.45, 2.75) is 17.2 Å². The van der Waals surface area contributed by atoms with E-state index in [2.05, 4.69) is 9.97 Å². The molecule has 1 aromatic carbocycles. The maximum absolute atomic E-state index is 12.8. The first-order valence-electron chi connectivity index (χ1n) is 7.94. The number of nitrogens with zero attached hydrogens (tertiary/aromatic N) is 3. The molecular weight excluding hydrogens is 387 g/mol. The van der Waals surface area contributed by atoms with Crippen molar-refractivity contribution in [3.63, 3.8) is 0 Å². The monoisotopic (exact) mass is 403 g/mol. The van der Waals surface area contributed by atoms with Gasteiger partial charge in [0.2, 0.25) is 15.9 Å². The lowest BCUT2D eigenvalue weighted by Crippen LogP contribution is -2.40. The molecule has 27 heavy (non-hydrogen) atoms. The smallest absolute Gasteiger partial charge is 0.416 e. The number of aromatic nitrogens is 2. The van der Waals surface area contributed by atoms with Gasteiger partial charge in [-0.15, -0.1) is 0 Å². The van der Waals surface area contributed by atoms with Crippen molar-refractivity contribution in [2.24, 2.45) is 0 Å². The van der Waals surface area contributed by atoms with E-state index in [-0.39, 0.29) is 37.1 Å². The van der Waals surface area contributed by atoms with Crippen molar-refractivity contribution >= 4 is 10.0 Å². The van der Waals surface area contributed by atoms with Crippen LogP contribution in [0.25, 0.3) is 0 Å². The number of hydrogen-bond donors (Lipinski definition) is 0. The highest BCUT2D eigenvalue weighted by atomic mass is 32.2. The van der Waals surface area contributed by atoms with Crippen molar-refractivity contribution in [1.29, 1.82) is 0 Å². The van der Waals surface area contributed by atoms with Crippen LogP contribution in [-0.4, -0.2) is 55.1 Å². The lowest BCUT2D eigenvalue weighted by molar-refractivity contribution is -0.137. The Labute approximate surface area is 153 Å². The summed E-state index contributed by atoms with van der Waals surface area (Å²) in [5.41, 5.74) is -0.912. The quantitative estimate of drug-likeness (QED) is 0.776. The molecule has 7 nitrogen and oxygen atoms in total. The fourth-order valence-electron chi connectivity index (χ4n) is 2.52. The van der Waals surface area contributed by atoms with E-state index in [1.54, 1.807) is 0 Å². The van der Waals surface area contributed by atoms with Gasteiger partial charge in [0.05, 0.1) is 36.4 Å². The van der Waals surface area contributed by atoms with Gasteiger partial charge in [0, 0.05) is 18.9 Å². The van der Waals surface area contributed by atoms with E-state index in [4.69, 9.17) is 9.47 Å². The van der Waals surface area contributed by atoms with Crippen LogP contribution in [-0.2, 0) is 20.9 Å². The molecule has 11 heteroatoms. The van der Waals surface area contributed by atoms with Gasteiger partial charge in [-0.3, -0.25) is 4.98 Å². The van der Waals surface area contributed by atoms with Crippen LogP contribution in [0.1, 0.15) is 5.56 Å². The molecule has 3 rings (SSSR count). The Morgan fingerprint density at radius 3 is 2.56 bits per heavy atom. The standard InChI is InChI=1S/C16H16F3N3O4S/c17-16(18,19)12-1-3-14(4-2-12)27(23,24)22-7-8-25-11-13(10-22)26-15-9-20-5-6-21-15/h1-6,9,13H,7-8,10-11H2. The predicted octanol–water partition coefficient (Wildman–Crippen LogP) is 1.96. The second kappa shape index (κ2) is 7.79. The van der Waals surface area contributed by atoms with Crippen LogP contribution in [0, 0.1) is 0 Å². The first kappa shape index (κ1) is 19.5. The maximum atomic E-state index is 12.8. The summed E-state index contributed by atoms with van der Waals surface area (Å²) < 4.78 is 75.8. The summed E-state index contributed by atoms with van der Waals surface area (Å²) in [5.74, 6) is 0.222. The second-order valence-corrected chi connectivity index (χ2v) is 7.68. The fourth-order valence-corrected chi connectivity index (χ4v) is 3.98. The predicted molar refractivity (Wildman–Crippen MR) is 87.5 cm³/mol. The number of halogens is 3.